The van der Waals surface area contributed by atoms with Crippen LogP contribution in [-0.2, 0) is 4.74 Å². The third-order valence-electron chi connectivity index (χ3n) is 3.23. The first kappa shape index (κ1) is 13.9. The van der Waals surface area contributed by atoms with Gasteiger partial charge in [0.1, 0.15) is 11.6 Å². The van der Waals surface area contributed by atoms with E-state index < -0.39 is 0 Å². The number of aromatic nitrogens is 2. The van der Waals surface area contributed by atoms with Gasteiger partial charge in [-0.3, -0.25) is 0 Å². The van der Waals surface area contributed by atoms with E-state index in [1.54, 1.807) is 24.4 Å². The molecule has 110 valence electrons. The quantitative estimate of drug-likeness (QED) is 0.940. The van der Waals surface area contributed by atoms with Gasteiger partial charge in [-0.25, -0.2) is 4.39 Å². The molecule has 0 spiro atoms. The first-order chi connectivity index (χ1) is 10.2. The summed E-state index contributed by atoms with van der Waals surface area (Å²) in [5.74, 6) is 0.599. The van der Waals surface area contributed by atoms with Crippen LogP contribution in [0.25, 0.3) is 0 Å². The highest BCUT2D eigenvalue weighted by Crippen LogP contribution is 2.28. The highest BCUT2D eigenvalue weighted by molar-refractivity contribution is 5.34. The average molecular weight is 289 g/mol. The fourth-order valence-electron chi connectivity index (χ4n) is 2.21. The number of hydrogen-bond acceptors (Lipinski definition) is 5. The van der Waals surface area contributed by atoms with Gasteiger partial charge in [-0.2, -0.15) is 5.10 Å². The topological polar surface area (TPSA) is 56.3 Å². The lowest BCUT2D eigenvalue weighted by Crippen LogP contribution is -2.33. The van der Waals surface area contributed by atoms with Crippen molar-refractivity contribution in [1.29, 1.82) is 0 Å². The molecule has 6 heteroatoms. The zero-order valence-electron chi connectivity index (χ0n) is 11.7. The van der Waals surface area contributed by atoms with Gasteiger partial charge in [-0.05, 0) is 30.7 Å². The molecular weight excluding hydrogens is 273 g/mol. The van der Waals surface area contributed by atoms with Gasteiger partial charge in [-0.15, -0.1) is 5.10 Å². The molecule has 1 N–H and O–H groups in total. The molecule has 0 radical (unpaired) electrons. The average Bonchev–Trinajstić information content (AvgIpc) is 2.50. The fourth-order valence-corrected chi connectivity index (χ4v) is 2.21. The van der Waals surface area contributed by atoms with E-state index in [0.29, 0.717) is 30.3 Å². The van der Waals surface area contributed by atoms with E-state index in [-0.39, 0.29) is 11.9 Å². The molecule has 0 amide bonds. The molecule has 0 unspecified atom stereocenters. The molecule has 0 saturated carbocycles. The van der Waals surface area contributed by atoms with Gasteiger partial charge in [0.2, 0.25) is 5.88 Å². The maximum atomic E-state index is 14.0. The minimum absolute atomic E-state index is 0.300. The van der Waals surface area contributed by atoms with Crippen LogP contribution in [0, 0.1) is 12.7 Å². The Morgan fingerprint density at radius 1 is 1.38 bits per heavy atom. The molecule has 0 bridgehead atoms. The van der Waals surface area contributed by atoms with E-state index in [9.17, 15) is 4.39 Å². The van der Waals surface area contributed by atoms with Gasteiger partial charge < -0.3 is 14.8 Å². The van der Waals surface area contributed by atoms with Crippen molar-refractivity contribution in [3.05, 3.63) is 47.4 Å². The van der Waals surface area contributed by atoms with Crippen molar-refractivity contribution in [1.82, 2.24) is 15.5 Å². The smallest absolute Gasteiger partial charge is 0.239 e. The van der Waals surface area contributed by atoms with Crippen molar-refractivity contribution in [2.45, 2.75) is 13.0 Å². The number of nitrogens with one attached hydrogen (secondary N) is 1. The SMILES string of the molecule is Cc1cnnc(Oc2ccc(F)c([C@@H]3CNCCO3)c2)c1. The molecule has 1 aromatic heterocycles. The van der Waals surface area contributed by atoms with Gasteiger partial charge in [0, 0.05) is 24.7 Å². The normalized spacial score (nSPS) is 18.5. The van der Waals surface area contributed by atoms with E-state index in [1.807, 2.05) is 6.92 Å². The molecule has 0 aliphatic carbocycles. The summed E-state index contributed by atoms with van der Waals surface area (Å²) in [4.78, 5) is 0. The molecule has 1 atom stereocenters. The number of morpholine rings is 1. The van der Waals surface area contributed by atoms with Crippen LogP contribution in [-0.4, -0.2) is 29.9 Å². The van der Waals surface area contributed by atoms with Gasteiger partial charge in [0.15, 0.2) is 0 Å². The van der Waals surface area contributed by atoms with Gasteiger partial charge >= 0.3 is 0 Å². The van der Waals surface area contributed by atoms with Crippen LogP contribution in [0.5, 0.6) is 11.6 Å². The molecular formula is C15H16FN3O2. The van der Waals surface area contributed by atoms with Crippen LogP contribution in [0.2, 0.25) is 0 Å². The summed E-state index contributed by atoms with van der Waals surface area (Å²) in [5, 5.41) is 10.9. The Morgan fingerprint density at radius 3 is 3.05 bits per heavy atom. The highest BCUT2D eigenvalue weighted by atomic mass is 19.1. The van der Waals surface area contributed by atoms with E-state index in [4.69, 9.17) is 9.47 Å². The van der Waals surface area contributed by atoms with Crippen LogP contribution in [0.1, 0.15) is 17.2 Å². The summed E-state index contributed by atoms with van der Waals surface area (Å²) < 4.78 is 25.2. The first-order valence-electron chi connectivity index (χ1n) is 6.81. The van der Waals surface area contributed by atoms with Gasteiger partial charge in [0.05, 0.1) is 18.9 Å². The Kier molecular flexibility index (Phi) is 4.08. The Labute approximate surface area is 122 Å². The second kappa shape index (κ2) is 6.15. The standard InChI is InChI=1S/C15H16FN3O2/c1-10-6-15(19-18-8-10)21-11-2-3-13(16)12(7-11)14-9-17-4-5-20-14/h2-3,6-8,14,17H,4-5,9H2,1H3/t14-/m0/s1. The third kappa shape index (κ3) is 3.34. The maximum absolute atomic E-state index is 14.0. The zero-order valence-corrected chi connectivity index (χ0v) is 11.7. The molecule has 2 aromatic rings. The minimum Gasteiger partial charge on any atom is -0.438 e. The molecule has 1 aromatic carbocycles. The van der Waals surface area contributed by atoms with Gasteiger partial charge in [0.25, 0.3) is 0 Å². The zero-order chi connectivity index (χ0) is 14.7. The molecule has 5 nitrogen and oxygen atoms in total. The molecule has 1 aliphatic rings. The van der Waals surface area contributed by atoms with E-state index >= 15 is 0 Å². The van der Waals surface area contributed by atoms with Crippen LogP contribution >= 0.6 is 0 Å². The second-order valence-corrected chi connectivity index (χ2v) is 4.92. The van der Waals surface area contributed by atoms with Crippen molar-refractivity contribution in [3.8, 4) is 11.6 Å². The number of aryl methyl sites for hydroxylation is 1. The first-order valence-corrected chi connectivity index (χ1v) is 6.81. The fraction of sp³-hybridized carbons (Fsp3) is 0.333. The number of rotatable bonds is 3. The molecule has 1 aliphatic heterocycles. The molecule has 1 saturated heterocycles. The lowest BCUT2D eigenvalue weighted by molar-refractivity contribution is 0.0254. The largest absolute Gasteiger partial charge is 0.438 e. The Balaban J connectivity index is 1.83. The van der Waals surface area contributed by atoms with Crippen LogP contribution in [0.4, 0.5) is 4.39 Å². The van der Waals surface area contributed by atoms with Crippen molar-refractivity contribution >= 4 is 0 Å². The van der Waals surface area contributed by atoms with Crippen molar-refractivity contribution in [3.63, 3.8) is 0 Å². The number of nitrogens with zero attached hydrogens (tertiary/aromatic N) is 2. The molecule has 3 rings (SSSR count). The highest BCUT2D eigenvalue weighted by Gasteiger charge is 2.20. The van der Waals surface area contributed by atoms with E-state index in [0.717, 1.165) is 12.1 Å². The summed E-state index contributed by atoms with van der Waals surface area (Å²) in [7, 11) is 0. The van der Waals surface area contributed by atoms with Crippen molar-refractivity contribution in [2.75, 3.05) is 19.7 Å². The number of benzene rings is 1. The van der Waals surface area contributed by atoms with Crippen LogP contribution in [0.15, 0.2) is 30.5 Å². The maximum Gasteiger partial charge on any atom is 0.239 e. The number of halogens is 1. The Bertz CT molecular complexity index is 630. The summed E-state index contributed by atoms with van der Waals surface area (Å²) >= 11 is 0. The summed E-state index contributed by atoms with van der Waals surface area (Å²) in [6.45, 7) is 3.84. The predicted octanol–water partition coefficient (Wildman–Crippen LogP) is 2.38. The number of ether oxygens (including phenoxy) is 2. The number of hydrogen-bond donors (Lipinski definition) is 1. The summed E-state index contributed by atoms with van der Waals surface area (Å²) in [5.41, 5.74) is 1.43. The summed E-state index contributed by atoms with van der Waals surface area (Å²) in [6.07, 6.45) is 1.34. The van der Waals surface area contributed by atoms with Crippen LogP contribution in [0.3, 0.4) is 0 Å². The van der Waals surface area contributed by atoms with Crippen molar-refractivity contribution < 1.29 is 13.9 Å². The predicted molar refractivity (Wildman–Crippen MR) is 74.8 cm³/mol. The van der Waals surface area contributed by atoms with Gasteiger partial charge in [-0.1, -0.05) is 0 Å². The minimum atomic E-state index is -0.300. The molecule has 21 heavy (non-hydrogen) atoms. The molecule has 2 heterocycles. The Hall–Kier alpha value is -2.05. The lowest BCUT2D eigenvalue weighted by atomic mass is 10.1. The van der Waals surface area contributed by atoms with E-state index in [1.165, 1.54) is 6.07 Å². The second-order valence-electron chi connectivity index (χ2n) is 4.92. The van der Waals surface area contributed by atoms with Crippen LogP contribution < -0.4 is 10.1 Å². The summed E-state index contributed by atoms with van der Waals surface area (Å²) in [6, 6.07) is 6.37. The molecule has 1 fully saturated rings. The Morgan fingerprint density at radius 2 is 2.29 bits per heavy atom. The third-order valence-corrected chi connectivity index (χ3v) is 3.23. The van der Waals surface area contributed by atoms with E-state index in [2.05, 4.69) is 15.5 Å². The van der Waals surface area contributed by atoms with Crippen molar-refractivity contribution in [2.24, 2.45) is 0 Å². The lowest BCUT2D eigenvalue weighted by Gasteiger charge is -2.24. The monoisotopic (exact) mass is 289 g/mol.